The molecule has 1 aliphatic heterocycles. The molecule has 1 aromatic rings. The zero-order chi connectivity index (χ0) is 13.0. The molecule has 1 heteroatoms. The van der Waals surface area contributed by atoms with E-state index in [1.54, 1.807) is 0 Å². The first-order chi connectivity index (χ1) is 8.72. The number of fused-ring (bicyclic) bond motifs is 1. The van der Waals surface area contributed by atoms with Gasteiger partial charge >= 0.3 is 0 Å². The molecule has 100 valence electrons. The van der Waals surface area contributed by atoms with E-state index in [2.05, 4.69) is 50.4 Å². The SMILES string of the molecule is CCC(C)C1Nc2ccccc2CCCC[C@@H]1C. The van der Waals surface area contributed by atoms with Crippen molar-refractivity contribution in [3.05, 3.63) is 29.8 Å². The molecule has 0 spiro atoms. The molecule has 0 amide bonds. The average Bonchev–Trinajstić information content (AvgIpc) is 2.48. The molecule has 0 aromatic heterocycles. The summed E-state index contributed by atoms with van der Waals surface area (Å²) in [4.78, 5) is 0. The summed E-state index contributed by atoms with van der Waals surface area (Å²) in [6, 6.07) is 9.48. The van der Waals surface area contributed by atoms with E-state index >= 15 is 0 Å². The van der Waals surface area contributed by atoms with E-state index in [1.165, 1.54) is 43.4 Å². The minimum atomic E-state index is 0.620. The maximum atomic E-state index is 3.84. The second-order valence-corrected chi connectivity index (χ2v) is 5.94. The molecule has 0 saturated carbocycles. The standard InChI is InChI=1S/C17H27N/c1-4-13(2)17-14(3)9-5-6-10-15-11-7-8-12-16(15)18-17/h7-8,11-14,17-18H,4-6,9-10H2,1-3H3/t13?,14-,17?/m0/s1. The normalized spacial score (nSPS) is 26.2. The van der Waals surface area contributed by atoms with Gasteiger partial charge in [0.2, 0.25) is 0 Å². The fourth-order valence-electron chi connectivity index (χ4n) is 3.12. The Hall–Kier alpha value is -0.980. The Morgan fingerprint density at radius 1 is 1.28 bits per heavy atom. The Labute approximate surface area is 112 Å². The zero-order valence-electron chi connectivity index (χ0n) is 12.1. The summed E-state index contributed by atoms with van der Waals surface area (Å²) < 4.78 is 0. The van der Waals surface area contributed by atoms with Crippen molar-refractivity contribution in [3.63, 3.8) is 0 Å². The quantitative estimate of drug-likeness (QED) is 0.783. The lowest BCUT2D eigenvalue weighted by molar-refractivity contribution is 0.338. The molecule has 0 fully saturated rings. The van der Waals surface area contributed by atoms with Crippen LogP contribution < -0.4 is 5.32 Å². The Morgan fingerprint density at radius 2 is 2.06 bits per heavy atom. The number of para-hydroxylation sites is 1. The molecular weight excluding hydrogens is 218 g/mol. The molecule has 2 unspecified atom stereocenters. The van der Waals surface area contributed by atoms with E-state index in [9.17, 15) is 0 Å². The molecule has 1 nitrogen and oxygen atoms in total. The van der Waals surface area contributed by atoms with Gasteiger partial charge in [-0.25, -0.2) is 0 Å². The maximum absolute atomic E-state index is 3.84. The van der Waals surface area contributed by atoms with Crippen molar-refractivity contribution in [1.82, 2.24) is 0 Å². The van der Waals surface area contributed by atoms with E-state index in [0.29, 0.717) is 6.04 Å². The number of benzene rings is 1. The van der Waals surface area contributed by atoms with Crippen LogP contribution in [0.1, 0.15) is 52.0 Å². The lowest BCUT2D eigenvalue weighted by Crippen LogP contribution is -2.33. The van der Waals surface area contributed by atoms with Gasteiger partial charge in [-0.2, -0.15) is 0 Å². The van der Waals surface area contributed by atoms with Crippen LogP contribution in [0.2, 0.25) is 0 Å². The van der Waals surface area contributed by atoms with Crippen LogP contribution >= 0.6 is 0 Å². The summed E-state index contributed by atoms with van der Waals surface area (Å²) in [5, 5.41) is 3.84. The molecule has 1 heterocycles. The summed E-state index contributed by atoms with van der Waals surface area (Å²) in [5.41, 5.74) is 2.87. The molecule has 0 saturated heterocycles. The van der Waals surface area contributed by atoms with Crippen LogP contribution in [0.3, 0.4) is 0 Å². The van der Waals surface area contributed by atoms with E-state index in [-0.39, 0.29) is 0 Å². The smallest absolute Gasteiger partial charge is 0.0375 e. The van der Waals surface area contributed by atoms with Crippen LogP contribution in [-0.2, 0) is 6.42 Å². The fourth-order valence-corrected chi connectivity index (χ4v) is 3.12. The summed E-state index contributed by atoms with van der Waals surface area (Å²) >= 11 is 0. The summed E-state index contributed by atoms with van der Waals surface area (Å²) in [7, 11) is 0. The van der Waals surface area contributed by atoms with Crippen LogP contribution in [-0.4, -0.2) is 6.04 Å². The molecule has 1 N–H and O–H groups in total. The lowest BCUT2D eigenvalue weighted by atomic mass is 9.86. The predicted octanol–water partition coefficient (Wildman–Crippen LogP) is 4.88. The van der Waals surface area contributed by atoms with Crippen molar-refractivity contribution in [2.75, 3.05) is 5.32 Å². The van der Waals surface area contributed by atoms with Gasteiger partial charge in [0.05, 0.1) is 0 Å². The number of rotatable bonds is 2. The second kappa shape index (κ2) is 6.26. The topological polar surface area (TPSA) is 12.0 Å². The number of anilines is 1. The highest BCUT2D eigenvalue weighted by molar-refractivity contribution is 5.52. The molecule has 0 radical (unpaired) electrons. The molecule has 1 aromatic carbocycles. The highest BCUT2D eigenvalue weighted by atomic mass is 14.9. The highest BCUT2D eigenvalue weighted by Gasteiger charge is 2.23. The van der Waals surface area contributed by atoms with Gasteiger partial charge in [0.1, 0.15) is 0 Å². The van der Waals surface area contributed by atoms with Crippen LogP contribution in [0.4, 0.5) is 5.69 Å². The van der Waals surface area contributed by atoms with Gasteiger partial charge in [-0.1, -0.05) is 51.8 Å². The number of nitrogens with one attached hydrogen (secondary N) is 1. The third kappa shape index (κ3) is 3.07. The van der Waals surface area contributed by atoms with Crippen LogP contribution in [0, 0.1) is 11.8 Å². The van der Waals surface area contributed by atoms with E-state index in [0.717, 1.165) is 11.8 Å². The van der Waals surface area contributed by atoms with Crippen molar-refractivity contribution in [2.24, 2.45) is 11.8 Å². The minimum absolute atomic E-state index is 0.620. The van der Waals surface area contributed by atoms with Crippen LogP contribution in [0.15, 0.2) is 24.3 Å². The van der Waals surface area contributed by atoms with E-state index < -0.39 is 0 Å². The Bertz CT molecular complexity index is 372. The third-order valence-electron chi connectivity index (χ3n) is 4.57. The number of aryl methyl sites for hydroxylation is 1. The molecule has 0 aliphatic carbocycles. The number of hydrogen-bond acceptors (Lipinski definition) is 1. The van der Waals surface area contributed by atoms with Crippen molar-refractivity contribution in [1.29, 1.82) is 0 Å². The van der Waals surface area contributed by atoms with Gasteiger partial charge in [0, 0.05) is 11.7 Å². The van der Waals surface area contributed by atoms with Crippen molar-refractivity contribution >= 4 is 5.69 Å². The van der Waals surface area contributed by atoms with Gasteiger partial charge in [-0.05, 0) is 42.7 Å². The van der Waals surface area contributed by atoms with Crippen molar-refractivity contribution in [3.8, 4) is 0 Å². The van der Waals surface area contributed by atoms with Gasteiger partial charge in [0.15, 0.2) is 0 Å². The van der Waals surface area contributed by atoms with E-state index in [4.69, 9.17) is 0 Å². The van der Waals surface area contributed by atoms with Crippen molar-refractivity contribution in [2.45, 2.75) is 58.9 Å². The number of hydrogen-bond donors (Lipinski definition) is 1. The van der Waals surface area contributed by atoms with Gasteiger partial charge in [-0.15, -0.1) is 0 Å². The Morgan fingerprint density at radius 3 is 2.83 bits per heavy atom. The molecule has 3 atom stereocenters. The molecule has 18 heavy (non-hydrogen) atoms. The van der Waals surface area contributed by atoms with Crippen LogP contribution in [0.5, 0.6) is 0 Å². The lowest BCUT2D eigenvalue weighted by Gasteiger charge is -2.31. The predicted molar refractivity (Wildman–Crippen MR) is 80.0 cm³/mol. The molecule has 0 bridgehead atoms. The fraction of sp³-hybridized carbons (Fsp3) is 0.647. The average molecular weight is 245 g/mol. The Kier molecular flexibility index (Phi) is 4.68. The molecule has 1 aliphatic rings. The molecule has 2 rings (SSSR count). The first-order valence-electron chi connectivity index (χ1n) is 7.56. The van der Waals surface area contributed by atoms with Crippen molar-refractivity contribution < 1.29 is 0 Å². The molecular formula is C17H27N. The summed E-state index contributed by atoms with van der Waals surface area (Å²) in [6.07, 6.45) is 6.53. The summed E-state index contributed by atoms with van der Waals surface area (Å²) in [6.45, 7) is 7.10. The van der Waals surface area contributed by atoms with E-state index in [1.807, 2.05) is 0 Å². The monoisotopic (exact) mass is 245 g/mol. The van der Waals surface area contributed by atoms with Gasteiger partial charge in [0.25, 0.3) is 0 Å². The van der Waals surface area contributed by atoms with Gasteiger partial charge < -0.3 is 5.32 Å². The maximum Gasteiger partial charge on any atom is 0.0375 e. The largest absolute Gasteiger partial charge is 0.382 e. The highest BCUT2D eigenvalue weighted by Crippen LogP contribution is 2.29. The minimum Gasteiger partial charge on any atom is -0.382 e. The summed E-state index contributed by atoms with van der Waals surface area (Å²) in [5.74, 6) is 1.51. The van der Waals surface area contributed by atoms with Crippen LogP contribution in [0.25, 0.3) is 0 Å². The first-order valence-corrected chi connectivity index (χ1v) is 7.56. The second-order valence-electron chi connectivity index (χ2n) is 5.94. The first kappa shape index (κ1) is 13.5. The zero-order valence-corrected chi connectivity index (χ0v) is 12.1. The Balaban J connectivity index is 2.25. The third-order valence-corrected chi connectivity index (χ3v) is 4.57. The van der Waals surface area contributed by atoms with Gasteiger partial charge in [-0.3, -0.25) is 0 Å².